The van der Waals surface area contributed by atoms with Crippen molar-refractivity contribution < 1.29 is 8.42 Å². The molecule has 84 valence electrons. The highest BCUT2D eigenvalue weighted by atomic mass is 32.2. The molecule has 0 bridgehead atoms. The molecule has 1 saturated heterocycles. The molecule has 1 aliphatic rings. The van der Waals surface area contributed by atoms with Gasteiger partial charge in [-0.05, 0) is 36.8 Å². The van der Waals surface area contributed by atoms with Crippen LogP contribution in [0.5, 0.6) is 0 Å². The van der Waals surface area contributed by atoms with Crippen LogP contribution >= 0.6 is 11.8 Å². The molecule has 1 atom stereocenters. The van der Waals surface area contributed by atoms with Crippen LogP contribution in [0.25, 0.3) is 0 Å². The average Bonchev–Trinajstić information content (AvgIpc) is 2.64. The lowest BCUT2D eigenvalue weighted by Gasteiger charge is -2.10. The molecule has 14 heavy (non-hydrogen) atoms. The summed E-state index contributed by atoms with van der Waals surface area (Å²) in [6, 6.07) is 0. The zero-order valence-corrected chi connectivity index (χ0v) is 9.87. The summed E-state index contributed by atoms with van der Waals surface area (Å²) in [5, 5.41) is 0. The number of thioether (sulfide) groups is 1. The first-order valence-corrected chi connectivity index (χ1v) is 7.70. The van der Waals surface area contributed by atoms with Crippen LogP contribution in [0.4, 0.5) is 0 Å². The van der Waals surface area contributed by atoms with E-state index in [2.05, 4.69) is 4.72 Å². The molecular weight excluding hydrogens is 220 g/mol. The van der Waals surface area contributed by atoms with Crippen LogP contribution in [0.1, 0.15) is 12.8 Å². The predicted molar refractivity (Wildman–Crippen MR) is 60.9 cm³/mol. The number of nitrogens with one attached hydrogen (secondary N) is 1. The molecule has 0 aromatic rings. The Bertz CT molecular complexity index is 248. The molecule has 0 amide bonds. The smallest absolute Gasteiger partial charge is 0.211 e. The van der Waals surface area contributed by atoms with E-state index in [0.29, 0.717) is 25.4 Å². The zero-order valence-electron chi connectivity index (χ0n) is 8.24. The topological polar surface area (TPSA) is 72.2 Å². The maximum Gasteiger partial charge on any atom is 0.211 e. The Morgan fingerprint density at radius 3 is 2.86 bits per heavy atom. The van der Waals surface area contributed by atoms with Crippen molar-refractivity contribution in [3.05, 3.63) is 0 Å². The van der Waals surface area contributed by atoms with Crippen LogP contribution in [-0.4, -0.2) is 38.8 Å². The SMILES string of the molecule is NCCCS(=O)(=O)NCC1CCSC1. The summed E-state index contributed by atoms with van der Waals surface area (Å²) in [5.74, 6) is 2.92. The number of hydrogen-bond donors (Lipinski definition) is 2. The molecule has 1 unspecified atom stereocenters. The lowest BCUT2D eigenvalue weighted by Crippen LogP contribution is -2.31. The Labute approximate surface area is 90.1 Å². The summed E-state index contributed by atoms with van der Waals surface area (Å²) in [4.78, 5) is 0. The van der Waals surface area contributed by atoms with Gasteiger partial charge in [-0.3, -0.25) is 0 Å². The van der Waals surface area contributed by atoms with Crippen molar-refractivity contribution in [3.8, 4) is 0 Å². The fraction of sp³-hybridized carbons (Fsp3) is 1.00. The second kappa shape index (κ2) is 5.95. The summed E-state index contributed by atoms with van der Waals surface area (Å²) >= 11 is 1.90. The molecule has 6 heteroatoms. The fourth-order valence-electron chi connectivity index (χ4n) is 1.33. The lowest BCUT2D eigenvalue weighted by molar-refractivity contribution is 0.544. The van der Waals surface area contributed by atoms with E-state index in [1.54, 1.807) is 0 Å². The second-order valence-corrected chi connectivity index (χ2v) is 6.62. The zero-order chi connectivity index (χ0) is 10.4. The van der Waals surface area contributed by atoms with Gasteiger partial charge in [0.05, 0.1) is 5.75 Å². The maximum atomic E-state index is 11.4. The van der Waals surface area contributed by atoms with Gasteiger partial charge in [0.25, 0.3) is 0 Å². The van der Waals surface area contributed by atoms with E-state index in [4.69, 9.17) is 5.73 Å². The maximum absolute atomic E-state index is 11.4. The van der Waals surface area contributed by atoms with Crippen molar-refractivity contribution >= 4 is 21.8 Å². The van der Waals surface area contributed by atoms with Crippen LogP contribution in [-0.2, 0) is 10.0 Å². The molecule has 4 nitrogen and oxygen atoms in total. The fourth-order valence-corrected chi connectivity index (χ4v) is 3.80. The highest BCUT2D eigenvalue weighted by Gasteiger charge is 2.18. The van der Waals surface area contributed by atoms with Crippen LogP contribution < -0.4 is 10.5 Å². The van der Waals surface area contributed by atoms with Crippen molar-refractivity contribution in [1.82, 2.24) is 4.72 Å². The third kappa shape index (κ3) is 4.63. The minimum atomic E-state index is -3.07. The molecular formula is C8H18N2O2S2. The van der Waals surface area contributed by atoms with Gasteiger partial charge in [-0.15, -0.1) is 0 Å². The summed E-state index contributed by atoms with van der Waals surface area (Å²) in [5.41, 5.74) is 5.26. The molecule has 1 aliphatic heterocycles. The first-order valence-electron chi connectivity index (χ1n) is 4.89. The van der Waals surface area contributed by atoms with Gasteiger partial charge >= 0.3 is 0 Å². The molecule has 0 aliphatic carbocycles. The van der Waals surface area contributed by atoms with Gasteiger partial charge in [0.15, 0.2) is 0 Å². The van der Waals surface area contributed by atoms with Gasteiger partial charge in [0.1, 0.15) is 0 Å². The monoisotopic (exact) mass is 238 g/mol. The van der Waals surface area contributed by atoms with Crippen LogP contribution in [0.3, 0.4) is 0 Å². The Kier molecular flexibility index (Phi) is 5.22. The van der Waals surface area contributed by atoms with Gasteiger partial charge in [-0.1, -0.05) is 0 Å². The molecule has 0 spiro atoms. The van der Waals surface area contributed by atoms with E-state index in [-0.39, 0.29) is 5.75 Å². The third-order valence-corrected chi connectivity index (χ3v) is 4.90. The van der Waals surface area contributed by atoms with Crippen LogP contribution in [0.15, 0.2) is 0 Å². The van der Waals surface area contributed by atoms with E-state index < -0.39 is 10.0 Å². The van der Waals surface area contributed by atoms with E-state index in [9.17, 15) is 8.42 Å². The lowest BCUT2D eigenvalue weighted by atomic mass is 10.1. The molecule has 1 fully saturated rings. The largest absolute Gasteiger partial charge is 0.330 e. The molecule has 0 aromatic heterocycles. The van der Waals surface area contributed by atoms with E-state index in [0.717, 1.165) is 17.9 Å². The number of rotatable bonds is 6. The summed E-state index contributed by atoms with van der Waals surface area (Å²) < 4.78 is 25.4. The quantitative estimate of drug-likeness (QED) is 0.683. The minimum absolute atomic E-state index is 0.156. The number of nitrogens with two attached hydrogens (primary N) is 1. The van der Waals surface area contributed by atoms with Crippen molar-refractivity contribution in [2.24, 2.45) is 11.7 Å². The number of hydrogen-bond acceptors (Lipinski definition) is 4. The van der Waals surface area contributed by atoms with Crippen molar-refractivity contribution in [3.63, 3.8) is 0 Å². The molecule has 1 heterocycles. The predicted octanol–water partition coefficient (Wildman–Crippen LogP) is 0.00770. The molecule has 1 rings (SSSR count). The Hall–Kier alpha value is 0.220. The Morgan fingerprint density at radius 1 is 1.50 bits per heavy atom. The van der Waals surface area contributed by atoms with Crippen molar-refractivity contribution in [2.45, 2.75) is 12.8 Å². The second-order valence-electron chi connectivity index (χ2n) is 3.54. The van der Waals surface area contributed by atoms with E-state index >= 15 is 0 Å². The minimum Gasteiger partial charge on any atom is -0.330 e. The summed E-state index contributed by atoms with van der Waals surface area (Å²) in [6.45, 7) is 1.03. The molecule has 0 radical (unpaired) electrons. The first-order chi connectivity index (χ1) is 6.64. The van der Waals surface area contributed by atoms with Crippen molar-refractivity contribution in [1.29, 1.82) is 0 Å². The van der Waals surface area contributed by atoms with Gasteiger partial charge < -0.3 is 5.73 Å². The molecule has 0 aromatic carbocycles. The van der Waals surface area contributed by atoms with Crippen LogP contribution in [0, 0.1) is 5.92 Å². The van der Waals surface area contributed by atoms with Gasteiger partial charge in [-0.2, -0.15) is 11.8 Å². The molecule has 0 saturated carbocycles. The van der Waals surface area contributed by atoms with Crippen LogP contribution in [0.2, 0.25) is 0 Å². The van der Waals surface area contributed by atoms with Crippen molar-refractivity contribution in [2.75, 3.05) is 30.3 Å². The normalized spacial score (nSPS) is 22.8. The first kappa shape index (κ1) is 12.3. The van der Waals surface area contributed by atoms with E-state index in [1.165, 1.54) is 0 Å². The summed E-state index contributed by atoms with van der Waals surface area (Å²) in [7, 11) is -3.07. The Morgan fingerprint density at radius 2 is 2.29 bits per heavy atom. The average molecular weight is 238 g/mol. The summed E-state index contributed by atoms with van der Waals surface area (Å²) in [6.07, 6.45) is 1.67. The van der Waals surface area contributed by atoms with Gasteiger partial charge in [0.2, 0.25) is 10.0 Å². The third-order valence-electron chi connectivity index (χ3n) is 2.23. The standard InChI is InChI=1S/C8H18N2O2S2/c9-3-1-5-14(11,12)10-6-8-2-4-13-7-8/h8,10H,1-7,9H2. The highest BCUT2D eigenvalue weighted by molar-refractivity contribution is 7.99. The van der Waals surface area contributed by atoms with Gasteiger partial charge in [0, 0.05) is 6.54 Å². The number of sulfonamides is 1. The van der Waals surface area contributed by atoms with Gasteiger partial charge in [-0.25, -0.2) is 13.1 Å². The Balaban J connectivity index is 2.21. The molecule has 3 N–H and O–H groups in total. The van der Waals surface area contributed by atoms with E-state index in [1.807, 2.05) is 11.8 Å². The highest BCUT2D eigenvalue weighted by Crippen LogP contribution is 2.22.